The zero-order valence-electron chi connectivity index (χ0n) is 13.7. The van der Waals surface area contributed by atoms with Gasteiger partial charge < -0.3 is 10.6 Å². The summed E-state index contributed by atoms with van der Waals surface area (Å²) in [5.41, 5.74) is 9.85. The second-order valence-corrected chi connectivity index (χ2v) is 6.10. The first-order valence-corrected chi connectivity index (χ1v) is 8.51. The lowest BCUT2D eigenvalue weighted by Gasteiger charge is -2.36. The molecule has 0 saturated carbocycles. The number of nitrogens with two attached hydrogens (primary N) is 1. The van der Waals surface area contributed by atoms with Gasteiger partial charge in [0.25, 0.3) is 0 Å². The van der Waals surface area contributed by atoms with E-state index in [0.29, 0.717) is 0 Å². The molecule has 4 nitrogen and oxygen atoms in total. The van der Waals surface area contributed by atoms with Crippen LogP contribution in [0.2, 0.25) is 0 Å². The highest BCUT2D eigenvalue weighted by Crippen LogP contribution is 2.23. The van der Waals surface area contributed by atoms with Crippen LogP contribution in [0.3, 0.4) is 0 Å². The second kappa shape index (κ2) is 8.09. The third kappa shape index (κ3) is 4.30. The Morgan fingerprint density at radius 2 is 1.65 bits per heavy atom. The molecule has 0 amide bonds. The largest absolute Gasteiger partial charge is 0.369 e. The molecule has 0 aliphatic carbocycles. The van der Waals surface area contributed by atoms with Crippen LogP contribution < -0.4 is 10.6 Å². The molecule has 23 heavy (non-hydrogen) atoms. The highest BCUT2D eigenvalue weighted by Gasteiger charge is 2.18. The Morgan fingerprint density at radius 3 is 2.39 bits per heavy atom. The maximum atomic E-state index is 5.66. The number of hydrogen-bond donors (Lipinski definition) is 1. The Morgan fingerprint density at radius 1 is 0.913 bits per heavy atom. The summed E-state index contributed by atoms with van der Waals surface area (Å²) in [5, 5.41) is 0. The fraction of sp³-hybridized carbons (Fsp3) is 0.421. The quantitative estimate of drug-likeness (QED) is 0.886. The van der Waals surface area contributed by atoms with E-state index in [1.807, 2.05) is 12.4 Å². The summed E-state index contributed by atoms with van der Waals surface area (Å²) in [6.45, 7) is 6.16. The summed E-state index contributed by atoms with van der Waals surface area (Å²) >= 11 is 0. The third-order valence-electron chi connectivity index (χ3n) is 4.58. The predicted molar refractivity (Wildman–Crippen MR) is 95.8 cm³/mol. The molecular weight excluding hydrogens is 284 g/mol. The minimum Gasteiger partial charge on any atom is -0.369 e. The molecule has 0 unspecified atom stereocenters. The molecule has 0 spiro atoms. The fourth-order valence-electron chi connectivity index (χ4n) is 3.25. The molecule has 2 heterocycles. The van der Waals surface area contributed by atoms with Crippen molar-refractivity contribution in [3.05, 3.63) is 59.9 Å². The topological polar surface area (TPSA) is 45.4 Å². The number of hydrogen-bond acceptors (Lipinski definition) is 4. The monoisotopic (exact) mass is 310 g/mol. The van der Waals surface area contributed by atoms with Crippen LogP contribution in [-0.4, -0.2) is 49.2 Å². The predicted octanol–water partition coefficient (Wildman–Crippen LogP) is 1.95. The number of pyridine rings is 1. The van der Waals surface area contributed by atoms with E-state index in [1.165, 1.54) is 16.8 Å². The van der Waals surface area contributed by atoms with Gasteiger partial charge in [-0.05, 0) is 42.2 Å². The average molecular weight is 310 g/mol. The molecule has 1 aromatic carbocycles. The summed E-state index contributed by atoms with van der Waals surface area (Å²) in [4.78, 5) is 9.07. The molecule has 1 fully saturated rings. The van der Waals surface area contributed by atoms with Crippen LogP contribution in [0.25, 0.3) is 0 Å². The van der Waals surface area contributed by atoms with Gasteiger partial charge in [-0.1, -0.05) is 18.2 Å². The highest BCUT2D eigenvalue weighted by molar-refractivity contribution is 5.54. The van der Waals surface area contributed by atoms with Crippen LogP contribution >= 0.6 is 0 Å². The van der Waals surface area contributed by atoms with E-state index >= 15 is 0 Å². The molecule has 1 aliphatic heterocycles. The second-order valence-electron chi connectivity index (χ2n) is 6.10. The summed E-state index contributed by atoms with van der Waals surface area (Å²) in [5.74, 6) is 0. The van der Waals surface area contributed by atoms with Gasteiger partial charge in [0.1, 0.15) is 0 Å². The number of rotatable bonds is 6. The Hall–Kier alpha value is -1.91. The van der Waals surface area contributed by atoms with Crippen molar-refractivity contribution in [3.8, 4) is 0 Å². The molecule has 1 saturated heterocycles. The lowest BCUT2D eigenvalue weighted by molar-refractivity contribution is 0.264. The third-order valence-corrected chi connectivity index (χ3v) is 4.58. The van der Waals surface area contributed by atoms with Gasteiger partial charge in [0.15, 0.2) is 0 Å². The van der Waals surface area contributed by atoms with Gasteiger partial charge in [0.05, 0.1) is 0 Å². The maximum Gasteiger partial charge on any atom is 0.0399 e. The standard InChI is InChI=1S/C19H26N4/c20-9-12-22-13-15-23(16-14-22)19-4-2-1-3-18(19)6-5-17-7-10-21-11-8-17/h1-4,7-8,10-11H,5-6,9,12-16,20H2. The lowest BCUT2D eigenvalue weighted by Crippen LogP contribution is -2.48. The number of aromatic nitrogens is 1. The van der Waals surface area contributed by atoms with E-state index in [2.05, 4.69) is 51.2 Å². The molecule has 1 aromatic heterocycles. The normalized spacial score (nSPS) is 15.8. The molecule has 3 rings (SSSR count). The van der Waals surface area contributed by atoms with Crippen molar-refractivity contribution in [2.45, 2.75) is 12.8 Å². The first-order valence-electron chi connectivity index (χ1n) is 8.51. The number of nitrogens with zero attached hydrogens (tertiary/aromatic N) is 3. The molecule has 0 atom stereocenters. The van der Waals surface area contributed by atoms with Gasteiger partial charge in [0, 0.05) is 57.3 Å². The number of aryl methyl sites for hydroxylation is 2. The van der Waals surface area contributed by atoms with Crippen LogP contribution in [-0.2, 0) is 12.8 Å². The van der Waals surface area contributed by atoms with Crippen molar-refractivity contribution >= 4 is 5.69 Å². The number of piperazine rings is 1. The number of benzene rings is 1. The Balaban J connectivity index is 1.64. The number of para-hydroxylation sites is 1. The molecule has 1 aliphatic rings. The van der Waals surface area contributed by atoms with Gasteiger partial charge in [-0.2, -0.15) is 0 Å². The molecular formula is C19H26N4. The number of anilines is 1. The first-order chi connectivity index (χ1) is 11.4. The lowest BCUT2D eigenvalue weighted by atomic mass is 10.0. The van der Waals surface area contributed by atoms with E-state index < -0.39 is 0 Å². The fourth-order valence-corrected chi connectivity index (χ4v) is 3.25. The molecule has 122 valence electrons. The Kier molecular flexibility index (Phi) is 5.61. The van der Waals surface area contributed by atoms with Crippen LogP contribution in [0.5, 0.6) is 0 Å². The molecule has 4 heteroatoms. The molecule has 2 aromatic rings. The molecule has 2 N–H and O–H groups in total. The van der Waals surface area contributed by atoms with Gasteiger partial charge in [-0.3, -0.25) is 9.88 Å². The van der Waals surface area contributed by atoms with Crippen LogP contribution in [0.15, 0.2) is 48.8 Å². The summed E-state index contributed by atoms with van der Waals surface area (Å²) in [7, 11) is 0. The summed E-state index contributed by atoms with van der Waals surface area (Å²) in [6.07, 6.45) is 5.88. The highest BCUT2D eigenvalue weighted by atomic mass is 15.3. The van der Waals surface area contributed by atoms with Gasteiger partial charge in [0.2, 0.25) is 0 Å². The minimum atomic E-state index is 0.752. The van der Waals surface area contributed by atoms with Gasteiger partial charge >= 0.3 is 0 Å². The zero-order valence-corrected chi connectivity index (χ0v) is 13.7. The first kappa shape index (κ1) is 16.0. The van der Waals surface area contributed by atoms with Crippen molar-refractivity contribution in [2.75, 3.05) is 44.2 Å². The van der Waals surface area contributed by atoms with Gasteiger partial charge in [-0.15, -0.1) is 0 Å². The van der Waals surface area contributed by atoms with E-state index in [1.54, 1.807) is 0 Å². The van der Waals surface area contributed by atoms with E-state index in [-0.39, 0.29) is 0 Å². The van der Waals surface area contributed by atoms with Crippen molar-refractivity contribution in [2.24, 2.45) is 5.73 Å². The Bertz CT molecular complexity index is 591. The summed E-state index contributed by atoms with van der Waals surface area (Å²) < 4.78 is 0. The van der Waals surface area contributed by atoms with E-state index in [9.17, 15) is 0 Å². The average Bonchev–Trinajstić information content (AvgIpc) is 2.62. The van der Waals surface area contributed by atoms with Crippen LogP contribution in [0.4, 0.5) is 5.69 Å². The van der Waals surface area contributed by atoms with Crippen molar-refractivity contribution in [3.63, 3.8) is 0 Å². The maximum absolute atomic E-state index is 5.66. The van der Waals surface area contributed by atoms with E-state index in [4.69, 9.17) is 5.73 Å². The minimum absolute atomic E-state index is 0.752. The molecule has 0 bridgehead atoms. The summed E-state index contributed by atoms with van der Waals surface area (Å²) in [6, 6.07) is 13.0. The SMILES string of the molecule is NCCN1CCN(c2ccccc2CCc2ccncc2)CC1. The van der Waals surface area contributed by atoms with Crippen molar-refractivity contribution in [1.29, 1.82) is 0 Å². The van der Waals surface area contributed by atoms with Crippen molar-refractivity contribution < 1.29 is 0 Å². The van der Waals surface area contributed by atoms with Crippen LogP contribution in [0, 0.1) is 0 Å². The smallest absolute Gasteiger partial charge is 0.0399 e. The molecule has 0 radical (unpaired) electrons. The van der Waals surface area contributed by atoms with E-state index in [0.717, 1.165) is 52.1 Å². The Labute approximate surface area is 138 Å². The zero-order chi connectivity index (χ0) is 15.9. The van der Waals surface area contributed by atoms with Crippen molar-refractivity contribution in [1.82, 2.24) is 9.88 Å². The van der Waals surface area contributed by atoms with Gasteiger partial charge in [-0.25, -0.2) is 0 Å². The van der Waals surface area contributed by atoms with Crippen LogP contribution in [0.1, 0.15) is 11.1 Å².